The van der Waals surface area contributed by atoms with Crippen LogP contribution < -0.4 is 4.74 Å². The number of alkyl halides is 6. The molecule has 1 aliphatic rings. The second-order valence-corrected chi connectivity index (χ2v) is 9.37. The number of fused-ring (bicyclic) bond motifs is 1. The van der Waals surface area contributed by atoms with Crippen molar-refractivity contribution in [2.45, 2.75) is 70.4 Å². The Bertz CT molecular complexity index is 1040. The summed E-state index contributed by atoms with van der Waals surface area (Å²) < 4.78 is 85.5. The molecule has 3 nitrogen and oxygen atoms in total. The summed E-state index contributed by atoms with van der Waals surface area (Å²) in [5.74, 6) is -0.773. The van der Waals surface area contributed by atoms with Gasteiger partial charge >= 0.3 is 12.5 Å². The first-order chi connectivity index (χ1) is 14.5. The van der Waals surface area contributed by atoms with E-state index < -0.39 is 52.4 Å². The molecule has 0 aliphatic heterocycles. The molecule has 32 heavy (non-hydrogen) atoms. The third kappa shape index (κ3) is 4.76. The molecule has 0 aromatic heterocycles. The highest BCUT2D eigenvalue weighted by Gasteiger charge is 2.42. The van der Waals surface area contributed by atoms with E-state index >= 15 is 0 Å². The molecule has 0 fully saturated rings. The van der Waals surface area contributed by atoms with Crippen molar-refractivity contribution in [3.63, 3.8) is 0 Å². The third-order valence-electron chi connectivity index (χ3n) is 6.10. The van der Waals surface area contributed by atoms with E-state index in [0.717, 1.165) is 18.2 Å². The van der Waals surface area contributed by atoms with Crippen molar-refractivity contribution in [2.24, 2.45) is 5.18 Å². The summed E-state index contributed by atoms with van der Waals surface area (Å²) in [6.45, 7) is 7.12. The first-order valence-electron chi connectivity index (χ1n) is 9.99. The van der Waals surface area contributed by atoms with Crippen LogP contribution in [0.25, 0.3) is 11.1 Å². The molecule has 0 N–H and O–H groups in total. The second-order valence-electron chi connectivity index (χ2n) is 9.37. The fourth-order valence-electron chi connectivity index (χ4n) is 4.25. The van der Waals surface area contributed by atoms with Gasteiger partial charge in [0.25, 0.3) is 0 Å². The minimum absolute atomic E-state index is 0.176. The molecule has 1 aliphatic carbocycles. The first-order valence-corrected chi connectivity index (χ1v) is 9.99. The number of hydrogen-bond acceptors (Lipinski definition) is 3. The Labute approximate surface area is 181 Å². The average Bonchev–Trinajstić information content (AvgIpc) is 2.64. The molecule has 0 unspecified atom stereocenters. The number of nitroso groups, excluding NO2 is 1. The molecule has 0 saturated heterocycles. The molecule has 2 aromatic rings. The lowest BCUT2D eigenvalue weighted by atomic mass is 9.62. The van der Waals surface area contributed by atoms with Crippen molar-refractivity contribution < 1.29 is 31.1 Å². The van der Waals surface area contributed by atoms with Crippen LogP contribution in [0.4, 0.5) is 26.3 Å². The topological polar surface area (TPSA) is 38.7 Å². The Hall–Kier alpha value is -2.58. The molecule has 0 spiro atoms. The van der Waals surface area contributed by atoms with Gasteiger partial charge in [0.2, 0.25) is 0 Å². The van der Waals surface area contributed by atoms with Crippen LogP contribution in [0.2, 0.25) is 0 Å². The van der Waals surface area contributed by atoms with Gasteiger partial charge in [0, 0.05) is 5.56 Å². The summed E-state index contributed by atoms with van der Waals surface area (Å²) in [6.07, 6.45) is -8.55. The van der Waals surface area contributed by atoms with Gasteiger partial charge in [-0.1, -0.05) is 38.9 Å². The number of ether oxygens (including phenoxy) is 1. The van der Waals surface area contributed by atoms with Crippen LogP contribution >= 0.6 is 0 Å². The fraction of sp³-hybridized carbons (Fsp3) is 0.478. The van der Waals surface area contributed by atoms with Crippen LogP contribution in [0.5, 0.6) is 5.75 Å². The minimum atomic E-state index is -5.10. The number of benzene rings is 2. The highest BCUT2D eigenvalue weighted by molar-refractivity contribution is 5.76. The Morgan fingerprint density at radius 2 is 1.44 bits per heavy atom. The SMILES string of the molecule is CC1(C)CCC(C)(C)c2cc(C(F)(F)F)c(-c3cc(CN=O)ccc3OC(F)(F)F)cc21. The lowest BCUT2D eigenvalue weighted by Gasteiger charge is -2.42. The largest absolute Gasteiger partial charge is 0.573 e. The van der Waals surface area contributed by atoms with E-state index in [1.165, 1.54) is 12.1 Å². The molecular formula is C23H23F6NO2. The maximum Gasteiger partial charge on any atom is 0.573 e. The summed E-state index contributed by atoms with van der Waals surface area (Å²) in [6, 6.07) is 5.56. The standard InChI is InChI=1S/C23H23F6NO2/c1-20(2)7-8-21(3,4)18-11-16(22(24,25)26)14(10-17(18)20)15-9-13(12-30-31)5-6-19(15)32-23(27,28)29/h5-6,9-11H,7-8,12H2,1-4H3. The molecule has 3 rings (SSSR count). The Morgan fingerprint density at radius 1 is 0.875 bits per heavy atom. The smallest absolute Gasteiger partial charge is 0.405 e. The molecule has 0 bridgehead atoms. The van der Waals surface area contributed by atoms with E-state index in [0.29, 0.717) is 24.0 Å². The summed E-state index contributed by atoms with van der Waals surface area (Å²) >= 11 is 0. The maximum atomic E-state index is 14.1. The molecule has 0 amide bonds. The summed E-state index contributed by atoms with van der Waals surface area (Å²) in [5, 5.41) is 2.69. The van der Waals surface area contributed by atoms with Crippen molar-refractivity contribution in [1.29, 1.82) is 0 Å². The third-order valence-corrected chi connectivity index (χ3v) is 6.10. The highest BCUT2D eigenvalue weighted by atomic mass is 19.4. The zero-order chi connectivity index (χ0) is 24.1. The summed E-state index contributed by atoms with van der Waals surface area (Å²) in [4.78, 5) is 10.7. The van der Waals surface area contributed by atoms with E-state index in [9.17, 15) is 31.2 Å². The molecule has 0 atom stereocenters. The maximum absolute atomic E-state index is 14.1. The Kier molecular flexibility index (Phi) is 5.85. The average molecular weight is 459 g/mol. The van der Waals surface area contributed by atoms with Crippen LogP contribution in [0, 0.1) is 4.91 Å². The summed E-state index contributed by atoms with van der Waals surface area (Å²) in [5.41, 5.74) is -1.52. The van der Waals surface area contributed by atoms with Gasteiger partial charge in [-0.25, -0.2) is 0 Å². The molecule has 2 aromatic carbocycles. The van der Waals surface area contributed by atoms with Gasteiger partial charge in [-0.3, -0.25) is 0 Å². The van der Waals surface area contributed by atoms with E-state index in [4.69, 9.17) is 0 Å². The predicted molar refractivity (Wildman–Crippen MR) is 108 cm³/mol. The van der Waals surface area contributed by atoms with Gasteiger partial charge < -0.3 is 4.74 Å². The van der Waals surface area contributed by atoms with Gasteiger partial charge in [-0.15, -0.1) is 13.2 Å². The van der Waals surface area contributed by atoms with E-state index in [2.05, 4.69) is 9.91 Å². The highest BCUT2D eigenvalue weighted by Crippen LogP contribution is 2.51. The van der Waals surface area contributed by atoms with Crippen LogP contribution in [-0.2, 0) is 23.6 Å². The molecular weight excluding hydrogens is 436 g/mol. The van der Waals surface area contributed by atoms with Gasteiger partial charge in [0.05, 0.1) is 5.56 Å². The van der Waals surface area contributed by atoms with Crippen molar-refractivity contribution in [2.75, 3.05) is 0 Å². The quantitative estimate of drug-likeness (QED) is 0.345. The molecule has 0 heterocycles. The Morgan fingerprint density at radius 3 is 1.94 bits per heavy atom. The number of rotatable bonds is 4. The van der Waals surface area contributed by atoms with Gasteiger partial charge in [0.15, 0.2) is 0 Å². The predicted octanol–water partition coefficient (Wildman–Crippen LogP) is 7.89. The van der Waals surface area contributed by atoms with E-state index in [-0.39, 0.29) is 5.56 Å². The van der Waals surface area contributed by atoms with E-state index in [1.807, 2.05) is 27.7 Å². The van der Waals surface area contributed by atoms with Crippen molar-refractivity contribution in [3.8, 4) is 16.9 Å². The summed E-state index contributed by atoms with van der Waals surface area (Å²) in [7, 11) is 0. The van der Waals surface area contributed by atoms with Gasteiger partial charge in [0.1, 0.15) is 12.3 Å². The number of hydrogen-bond donors (Lipinski definition) is 0. The zero-order valence-corrected chi connectivity index (χ0v) is 18.0. The van der Waals surface area contributed by atoms with Crippen LogP contribution in [0.1, 0.15) is 62.8 Å². The monoisotopic (exact) mass is 459 g/mol. The van der Waals surface area contributed by atoms with Crippen LogP contribution in [0.15, 0.2) is 35.5 Å². The number of halogens is 6. The fourth-order valence-corrected chi connectivity index (χ4v) is 4.25. The van der Waals surface area contributed by atoms with Gasteiger partial charge in [-0.2, -0.15) is 18.1 Å². The molecule has 0 saturated carbocycles. The normalized spacial score (nSPS) is 17.6. The van der Waals surface area contributed by atoms with Crippen molar-refractivity contribution in [3.05, 3.63) is 57.5 Å². The van der Waals surface area contributed by atoms with E-state index in [1.54, 1.807) is 0 Å². The number of nitrogens with zero attached hydrogens (tertiary/aromatic N) is 1. The van der Waals surface area contributed by atoms with Crippen LogP contribution in [0.3, 0.4) is 0 Å². The minimum Gasteiger partial charge on any atom is -0.405 e. The van der Waals surface area contributed by atoms with Crippen molar-refractivity contribution >= 4 is 0 Å². The van der Waals surface area contributed by atoms with Gasteiger partial charge in [-0.05, 0) is 70.2 Å². The zero-order valence-electron chi connectivity index (χ0n) is 18.0. The lowest BCUT2D eigenvalue weighted by Crippen LogP contribution is -2.34. The first kappa shape index (κ1) is 24.1. The molecule has 9 heteroatoms. The van der Waals surface area contributed by atoms with Crippen LogP contribution in [-0.4, -0.2) is 6.36 Å². The second kappa shape index (κ2) is 7.78. The molecule has 0 radical (unpaired) electrons. The lowest BCUT2D eigenvalue weighted by molar-refractivity contribution is -0.274. The Balaban J connectivity index is 2.39. The van der Waals surface area contributed by atoms with Crippen molar-refractivity contribution in [1.82, 2.24) is 0 Å². The molecule has 174 valence electrons.